The zero-order valence-electron chi connectivity index (χ0n) is 19.1. The van der Waals surface area contributed by atoms with E-state index in [4.69, 9.17) is 18.9 Å². The highest BCUT2D eigenvalue weighted by Gasteiger charge is 2.49. The summed E-state index contributed by atoms with van der Waals surface area (Å²) in [6, 6.07) is 4.02. The fourth-order valence-electron chi connectivity index (χ4n) is 4.34. The second-order valence-electron chi connectivity index (χ2n) is 8.85. The highest BCUT2D eigenvalue weighted by atomic mass is 16.7. The van der Waals surface area contributed by atoms with Crippen molar-refractivity contribution in [2.45, 2.75) is 63.0 Å². The number of carbonyl (C=O) groups is 2. The van der Waals surface area contributed by atoms with Crippen LogP contribution < -0.4 is 4.74 Å². The summed E-state index contributed by atoms with van der Waals surface area (Å²) in [5.41, 5.74) is 0.231. The van der Waals surface area contributed by atoms with Crippen molar-refractivity contribution in [1.29, 1.82) is 0 Å². The van der Waals surface area contributed by atoms with Gasteiger partial charge in [0.05, 0.1) is 18.4 Å². The maximum absolute atomic E-state index is 12.6. The van der Waals surface area contributed by atoms with Gasteiger partial charge in [0.1, 0.15) is 36.4 Å². The van der Waals surface area contributed by atoms with Gasteiger partial charge in [-0.15, -0.1) is 0 Å². The van der Waals surface area contributed by atoms with Crippen LogP contribution in [-0.4, -0.2) is 69.7 Å². The topological polar surface area (TPSA) is 152 Å². The SMILES string of the molecule is O=C(OC[C@@H]1O[C@H](Oc2ccc(O)cc2CO)[C@@H](OC(=O)[C@H]2C=CCC2)[C@H](O)[C@H]1O)[C@H]1C=CCC1. The average Bonchev–Trinajstić information content (AvgIpc) is 3.58. The van der Waals surface area contributed by atoms with Crippen LogP contribution in [-0.2, 0) is 30.4 Å². The molecule has 10 heteroatoms. The van der Waals surface area contributed by atoms with Gasteiger partial charge >= 0.3 is 11.9 Å². The van der Waals surface area contributed by atoms with Crippen molar-refractivity contribution in [1.82, 2.24) is 0 Å². The molecule has 0 radical (unpaired) electrons. The molecule has 190 valence electrons. The number of esters is 2. The molecular formula is C25H30O10. The van der Waals surface area contributed by atoms with E-state index in [1.165, 1.54) is 18.2 Å². The fourth-order valence-corrected chi connectivity index (χ4v) is 4.34. The van der Waals surface area contributed by atoms with Crippen molar-refractivity contribution in [3.63, 3.8) is 0 Å². The number of hydrogen-bond acceptors (Lipinski definition) is 10. The van der Waals surface area contributed by atoms with Gasteiger partial charge in [-0.2, -0.15) is 0 Å². The highest BCUT2D eigenvalue weighted by Crippen LogP contribution is 2.31. The first-order chi connectivity index (χ1) is 16.9. The van der Waals surface area contributed by atoms with Crippen molar-refractivity contribution in [3.05, 3.63) is 48.1 Å². The van der Waals surface area contributed by atoms with Crippen molar-refractivity contribution in [2.24, 2.45) is 11.8 Å². The van der Waals surface area contributed by atoms with Crippen LogP contribution in [0.5, 0.6) is 11.5 Å². The molecule has 1 aliphatic heterocycles. The number of benzene rings is 1. The highest BCUT2D eigenvalue weighted by molar-refractivity contribution is 5.75. The Kier molecular flexibility index (Phi) is 8.07. The second-order valence-corrected chi connectivity index (χ2v) is 8.85. The molecule has 0 unspecified atom stereocenters. The number of aliphatic hydroxyl groups is 3. The largest absolute Gasteiger partial charge is 0.508 e. The van der Waals surface area contributed by atoms with Crippen LogP contribution in [0.4, 0.5) is 0 Å². The molecule has 0 saturated carbocycles. The molecule has 1 saturated heterocycles. The maximum atomic E-state index is 12.6. The molecule has 0 amide bonds. The minimum Gasteiger partial charge on any atom is -0.508 e. The van der Waals surface area contributed by atoms with E-state index in [9.17, 15) is 30.0 Å². The molecule has 0 bridgehead atoms. The molecule has 1 aromatic rings. The minimum atomic E-state index is -1.60. The second kappa shape index (κ2) is 11.2. The molecule has 4 N–H and O–H groups in total. The van der Waals surface area contributed by atoms with Gasteiger partial charge in [-0.05, 0) is 43.9 Å². The van der Waals surface area contributed by atoms with Gasteiger partial charge < -0.3 is 39.4 Å². The summed E-state index contributed by atoms with van der Waals surface area (Å²) in [6.07, 6.45) is 2.83. The van der Waals surface area contributed by atoms with Crippen LogP contribution in [0.3, 0.4) is 0 Å². The van der Waals surface area contributed by atoms with E-state index in [0.29, 0.717) is 12.8 Å². The molecule has 2 aliphatic carbocycles. The van der Waals surface area contributed by atoms with E-state index >= 15 is 0 Å². The number of carbonyl (C=O) groups excluding carboxylic acids is 2. The van der Waals surface area contributed by atoms with E-state index in [0.717, 1.165) is 12.8 Å². The number of aromatic hydroxyl groups is 1. The first-order valence-electron chi connectivity index (χ1n) is 11.7. The van der Waals surface area contributed by atoms with Gasteiger partial charge in [0.25, 0.3) is 0 Å². The third-order valence-electron chi connectivity index (χ3n) is 6.38. The molecule has 4 rings (SSSR count). The Labute approximate surface area is 202 Å². The van der Waals surface area contributed by atoms with Crippen molar-refractivity contribution >= 4 is 11.9 Å². The molecule has 35 heavy (non-hydrogen) atoms. The lowest BCUT2D eigenvalue weighted by Gasteiger charge is -2.42. The number of aliphatic hydroxyl groups excluding tert-OH is 3. The Morgan fingerprint density at radius 3 is 2.31 bits per heavy atom. The minimum absolute atomic E-state index is 0.0943. The zero-order valence-corrected chi connectivity index (χ0v) is 19.1. The Balaban J connectivity index is 1.51. The Morgan fingerprint density at radius 2 is 1.69 bits per heavy atom. The maximum Gasteiger partial charge on any atom is 0.313 e. The normalized spacial score (nSPS) is 31.9. The summed E-state index contributed by atoms with van der Waals surface area (Å²) in [7, 11) is 0. The molecule has 1 heterocycles. The summed E-state index contributed by atoms with van der Waals surface area (Å²) in [5, 5.41) is 40.9. The van der Waals surface area contributed by atoms with Crippen molar-refractivity contribution in [2.75, 3.05) is 6.61 Å². The zero-order chi connectivity index (χ0) is 24.9. The van der Waals surface area contributed by atoms with E-state index in [2.05, 4.69) is 0 Å². The number of hydrogen-bond donors (Lipinski definition) is 4. The van der Waals surface area contributed by atoms with E-state index < -0.39 is 55.2 Å². The first-order valence-corrected chi connectivity index (χ1v) is 11.7. The summed E-state index contributed by atoms with van der Waals surface area (Å²) in [4.78, 5) is 24.9. The Morgan fingerprint density at radius 1 is 1.00 bits per heavy atom. The molecule has 0 aromatic heterocycles. The predicted octanol–water partition coefficient (Wildman–Crippen LogP) is 1.10. The number of phenolic OH excluding ortho intramolecular Hbond substituents is 1. The lowest BCUT2D eigenvalue weighted by Crippen LogP contribution is -2.61. The quantitative estimate of drug-likeness (QED) is 0.308. The average molecular weight is 491 g/mol. The third-order valence-corrected chi connectivity index (χ3v) is 6.38. The van der Waals surface area contributed by atoms with Crippen LogP contribution in [0.1, 0.15) is 31.2 Å². The number of allylic oxidation sites excluding steroid dienone is 2. The molecule has 7 atom stereocenters. The van der Waals surface area contributed by atoms with Crippen molar-refractivity contribution < 1.29 is 49.0 Å². The lowest BCUT2D eigenvalue weighted by atomic mass is 9.98. The Bertz CT molecular complexity index is 971. The van der Waals surface area contributed by atoms with E-state index in [1.807, 2.05) is 12.2 Å². The molecule has 0 spiro atoms. The smallest absolute Gasteiger partial charge is 0.313 e. The van der Waals surface area contributed by atoms with Crippen LogP contribution >= 0.6 is 0 Å². The fraction of sp³-hybridized carbons (Fsp3) is 0.520. The molecular weight excluding hydrogens is 460 g/mol. The van der Waals surface area contributed by atoms with Gasteiger partial charge in [0.15, 0.2) is 6.10 Å². The molecule has 10 nitrogen and oxygen atoms in total. The number of ether oxygens (including phenoxy) is 4. The van der Waals surface area contributed by atoms with Gasteiger partial charge in [-0.3, -0.25) is 9.59 Å². The Hall–Kier alpha value is -2.92. The first kappa shape index (κ1) is 25.2. The third kappa shape index (κ3) is 5.84. The molecule has 1 fully saturated rings. The number of phenols is 1. The predicted molar refractivity (Wildman–Crippen MR) is 120 cm³/mol. The molecule has 3 aliphatic rings. The lowest BCUT2D eigenvalue weighted by molar-refractivity contribution is -0.284. The van der Waals surface area contributed by atoms with Crippen LogP contribution in [0.15, 0.2) is 42.5 Å². The van der Waals surface area contributed by atoms with Crippen LogP contribution in [0.25, 0.3) is 0 Å². The van der Waals surface area contributed by atoms with Crippen molar-refractivity contribution in [3.8, 4) is 11.5 Å². The van der Waals surface area contributed by atoms with Gasteiger partial charge in [-0.1, -0.05) is 24.3 Å². The standard InChI is InChI=1S/C25H30O10/c26-12-16-11-17(27)9-10-18(16)33-25-22(35-24(31)15-7-3-4-8-15)21(29)20(28)19(34-25)13-32-23(30)14-5-1-2-6-14/h1,3,5,7,9-11,14-15,19-22,25-29H,2,4,6,8,12-13H2/t14-,15-,19-,20-,21+,22-,25-/m0/s1. The summed E-state index contributed by atoms with van der Waals surface area (Å²) in [6.45, 7) is -0.815. The van der Waals surface area contributed by atoms with E-state index in [1.54, 1.807) is 12.2 Å². The van der Waals surface area contributed by atoms with Crippen LogP contribution in [0, 0.1) is 11.8 Å². The molecule has 1 aromatic carbocycles. The monoisotopic (exact) mass is 490 g/mol. The van der Waals surface area contributed by atoms with Gasteiger partial charge in [0.2, 0.25) is 6.29 Å². The number of rotatable bonds is 8. The van der Waals surface area contributed by atoms with Gasteiger partial charge in [0, 0.05) is 5.56 Å². The summed E-state index contributed by atoms with van der Waals surface area (Å²) in [5.74, 6) is -1.90. The van der Waals surface area contributed by atoms with E-state index in [-0.39, 0.29) is 29.6 Å². The summed E-state index contributed by atoms with van der Waals surface area (Å²) < 4.78 is 22.5. The van der Waals surface area contributed by atoms with Gasteiger partial charge in [-0.25, -0.2) is 0 Å². The summed E-state index contributed by atoms with van der Waals surface area (Å²) >= 11 is 0. The van der Waals surface area contributed by atoms with Crippen LogP contribution in [0.2, 0.25) is 0 Å².